The molecule has 3 aromatic carbocycles. The number of aromatic nitrogens is 4. The van der Waals surface area contributed by atoms with Crippen molar-refractivity contribution in [3.63, 3.8) is 0 Å². The second kappa shape index (κ2) is 13.1. The Morgan fingerprint density at radius 3 is 2.73 bits per heavy atom. The summed E-state index contributed by atoms with van der Waals surface area (Å²) in [6, 6.07) is 16.1. The van der Waals surface area contributed by atoms with Gasteiger partial charge in [-0.05, 0) is 54.8 Å². The fraction of sp³-hybridized carbons (Fsp3) is 0.267. The van der Waals surface area contributed by atoms with Gasteiger partial charge in [-0.2, -0.15) is 5.10 Å². The van der Waals surface area contributed by atoms with Crippen LogP contribution in [0.25, 0.3) is 21.8 Å². The van der Waals surface area contributed by atoms with Crippen LogP contribution in [0.2, 0.25) is 0 Å². The van der Waals surface area contributed by atoms with Gasteiger partial charge >= 0.3 is 0 Å². The SMILES string of the molecule is COc1cc2ncnc(Nc3ccc4c(cnn4Cc4cccc(F)c4)c3)c2cc1OCCCCCCC(=O)NO. The second-order valence-corrected chi connectivity index (χ2v) is 9.62. The molecule has 0 radical (unpaired) electrons. The van der Waals surface area contributed by atoms with Crippen LogP contribution in [-0.4, -0.2) is 44.6 Å². The van der Waals surface area contributed by atoms with Crippen molar-refractivity contribution in [1.29, 1.82) is 0 Å². The van der Waals surface area contributed by atoms with E-state index in [9.17, 15) is 9.18 Å². The van der Waals surface area contributed by atoms with Crippen LogP contribution in [0.3, 0.4) is 0 Å². The number of halogens is 1. The number of ether oxygens (including phenoxy) is 2. The Morgan fingerprint density at radius 2 is 1.90 bits per heavy atom. The maximum absolute atomic E-state index is 13.6. The molecule has 0 saturated carbocycles. The van der Waals surface area contributed by atoms with Gasteiger partial charge in [-0.25, -0.2) is 19.8 Å². The molecule has 11 heteroatoms. The van der Waals surface area contributed by atoms with Crippen LogP contribution >= 0.6 is 0 Å². The third kappa shape index (κ3) is 6.87. The molecule has 41 heavy (non-hydrogen) atoms. The molecule has 0 aliphatic heterocycles. The van der Waals surface area contributed by atoms with Crippen molar-refractivity contribution >= 4 is 39.2 Å². The van der Waals surface area contributed by atoms with Gasteiger partial charge in [-0.15, -0.1) is 0 Å². The van der Waals surface area contributed by atoms with Gasteiger partial charge in [0, 0.05) is 28.9 Å². The summed E-state index contributed by atoms with van der Waals surface area (Å²) in [6.45, 7) is 0.955. The summed E-state index contributed by atoms with van der Waals surface area (Å²) in [5, 5.41) is 18.2. The lowest BCUT2D eigenvalue weighted by molar-refractivity contribution is -0.129. The number of amides is 1. The van der Waals surface area contributed by atoms with Gasteiger partial charge in [-0.3, -0.25) is 14.7 Å². The minimum atomic E-state index is -0.371. The molecule has 0 fully saturated rings. The van der Waals surface area contributed by atoms with Crippen molar-refractivity contribution in [3.05, 3.63) is 78.5 Å². The van der Waals surface area contributed by atoms with E-state index in [0.717, 1.165) is 46.8 Å². The molecule has 0 atom stereocenters. The Morgan fingerprint density at radius 1 is 1.02 bits per heavy atom. The third-order valence-electron chi connectivity index (χ3n) is 6.73. The molecule has 212 valence electrons. The number of nitrogens with one attached hydrogen (secondary N) is 2. The highest BCUT2D eigenvalue weighted by Crippen LogP contribution is 2.35. The van der Waals surface area contributed by atoms with Crippen LogP contribution < -0.4 is 20.3 Å². The van der Waals surface area contributed by atoms with E-state index in [0.29, 0.717) is 48.8 Å². The van der Waals surface area contributed by atoms with Crippen molar-refractivity contribution in [2.24, 2.45) is 0 Å². The zero-order valence-corrected chi connectivity index (χ0v) is 22.6. The van der Waals surface area contributed by atoms with E-state index in [1.807, 2.05) is 41.1 Å². The Balaban J connectivity index is 1.28. The highest BCUT2D eigenvalue weighted by molar-refractivity contribution is 5.94. The Bertz CT molecular complexity index is 1660. The molecule has 0 unspecified atom stereocenters. The number of hydrogen-bond acceptors (Lipinski definition) is 8. The molecule has 0 aliphatic rings. The first kappa shape index (κ1) is 27.8. The van der Waals surface area contributed by atoms with Crippen LogP contribution in [0.4, 0.5) is 15.9 Å². The molecule has 2 heterocycles. The molecule has 0 spiro atoms. The van der Waals surface area contributed by atoms with Gasteiger partial charge in [0.15, 0.2) is 11.5 Å². The number of carbonyl (C=O) groups excluding carboxylic acids is 1. The Hall–Kier alpha value is -4.77. The largest absolute Gasteiger partial charge is 0.493 e. The van der Waals surface area contributed by atoms with E-state index in [-0.39, 0.29) is 11.7 Å². The zero-order chi connectivity index (χ0) is 28.6. The monoisotopic (exact) mass is 558 g/mol. The summed E-state index contributed by atoms with van der Waals surface area (Å²) in [5.41, 5.74) is 4.96. The fourth-order valence-corrected chi connectivity index (χ4v) is 4.65. The maximum Gasteiger partial charge on any atom is 0.243 e. The first-order valence-corrected chi connectivity index (χ1v) is 13.4. The van der Waals surface area contributed by atoms with Gasteiger partial charge in [-0.1, -0.05) is 25.0 Å². The van der Waals surface area contributed by atoms with E-state index in [1.54, 1.807) is 24.9 Å². The molecule has 10 nitrogen and oxygen atoms in total. The molecule has 0 saturated heterocycles. The first-order chi connectivity index (χ1) is 20.0. The predicted molar refractivity (Wildman–Crippen MR) is 153 cm³/mol. The molecule has 5 aromatic rings. The summed E-state index contributed by atoms with van der Waals surface area (Å²) in [6.07, 6.45) is 6.86. The number of carbonyl (C=O) groups is 1. The van der Waals surface area contributed by atoms with Crippen LogP contribution in [0.5, 0.6) is 11.5 Å². The fourth-order valence-electron chi connectivity index (χ4n) is 4.65. The van der Waals surface area contributed by atoms with Crippen LogP contribution in [0.1, 0.15) is 37.7 Å². The smallest absolute Gasteiger partial charge is 0.243 e. The number of anilines is 2. The van der Waals surface area contributed by atoms with Crippen molar-refractivity contribution in [3.8, 4) is 11.5 Å². The molecule has 0 aliphatic carbocycles. The standard InChI is InChI=1S/C30H31FN6O4/c1-40-27-16-25-24(15-28(27)41-12-5-3-2-4-9-29(38)36-39)30(33-19-32-25)35-23-10-11-26-21(14-23)17-34-37(26)18-20-7-6-8-22(31)13-20/h6-8,10-11,13-17,19,39H,2-5,9,12,18H2,1H3,(H,36,38)(H,32,33,35). The number of hydrogen-bond donors (Lipinski definition) is 3. The molecule has 5 rings (SSSR count). The highest BCUT2D eigenvalue weighted by Gasteiger charge is 2.13. The van der Waals surface area contributed by atoms with Crippen LogP contribution in [0, 0.1) is 5.82 Å². The number of methoxy groups -OCH3 is 1. The van der Waals surface area contributed by atoms with Gasteiger partial charge in [0.1, 0.15) is 18.0 Å². The zero-order valence-electron chi connectivity index (χ0n) is 22.6. The lowest BCUT2D eigenvalue weighted by atomic mass is 10.1. The Kier molecular flexibility index (Phi) is 8.85. The molecule has 0 bridgehead atoms. The quantitative estimate of drug-likeness (QED) is 0.0948. The lowest BCUT2D eigenvalue weighted by Gasteiger charge is -2.14. The van der Waals surface area contributed by atoms with Crippen LogP contribution in [-0.2, 0) is 11.3 Å². The van der Waals surface area contributed by atoms with E-state index < -0.39 is 0 Å². The number of hydroxylamine groups is 1. The van der Waals surface area contributed by atoms with E-state index in [4.69, 9.17) is 14.7 Å². The average molecular weight is 559 g/mol. The molecule has 3 N–H and O–H groups in total. The highest BCUT2D eigenvalue weighted by atomic mass is 19.1. The summed E-state index contributed by atoms with van der Waals surface area (Å²) >= 11 is 0. The van der Waals surface area contributed by atoms with Gasteiger partial charge < -0.3 is 14.8 Å². The number of nitrogens with zero attached hydrogens (tertiary/aromatic N) is 4. The number of benzene rings is 3. The first-order valence-electron chi connectivity index (χ1n) is 13.4. The number of fused-ring (bicyclic) bond motifs is 2. The normalized spacial score (nSPS) is 11.1. The minimum absolute atomic E-state index is 0.268. The number of unbranched alkanes of at least 4 members (excludes halogenated alkanes) is 3. The summed E-state index contributed by atoms with van der Waals surface area (Å²) in [7, 11) is 1.59. The average Bonchev–Trinajstić information content (AvgIpc) is 3.38. The summed E-state index contributed by atoms with van der Waals surface area (Å²) < 4.78 is 27.0. The maximum atomic E-state index is 13.6. The van der Waals surface area contributed by atoms with E-state index in [2.05, 4.69) is 20.4 Å². The minimum Gasteiger partial charge on any atom is -0.493 e. The molecule has 1 amide bonds. The lowest BCUT2D eigenvalue weighted by Crippen LogP contribution is -2.17. The van der Waals surface area contributed by atoms with Gasteiger partial charge in [0.2, 0.25) is 5.91 Å². The third-order valence-corrected chi connectivity index (χ3v) is 6.73. The molecular formula is C30H31FN6O4. The summed E-state index contributed by atoms with van der Waals surface area (Å²) in [4.78, 5) is 20.0. The predicted octanol–water partition coefficient (Wildman–Crippen LogP) is 5.75. The molecule has 2 aromatic heterocycles. The van der Waals surface area contributed by atoms with Gasteiger partial charge in [0.05, 0.1) is 37.5 Å². The second-order valence-electron chi connectivity index (χ2n) is 9.62. The molecular weight excluding hydrogens is 527 g/mol. The van der Waals surface area contributed by atoms with E-state index >= 15 is 0 Å². The Labute approximate surface area is 236 Å². The summed E-state index contributed by atoms with van der Waals surface area (Å²) in [5.74, 6) is 1.15. The topological polar surface area (TPSA) is 123 Å². The van der Waals surface area contributed by atoms with Crippen molar-refractivity contribution < 1.29 is 23.9 Å². The number of rotatable bonds is 13. The van der Waals surface area contributed by atoms with Gasteiger partial charge in [0.25, 0.3) is 0 Å². The van der Waals surface area contributed by atoms with Crippen molar-refractivity contribution in [2.45, 2.75) is 38.6 Å². The van der Waals surface area contributed by atoms with Crippen LogP contribution in [0.15, 0.2) is 67.1 Å². The van der Waals surface area contributed by atoms with Crippen molar-refractivity contribution in [2.75, 3.05) is 19.0 Å². The van der Waals surface area contributed by atoms with Crippen molar-refractivity contribution in [1.82, 2.24) is 25.2 Å². The van der Waals surface area contributed by atoms with E-state index in [1.165, 1.54) is 18.5 Å².